The Morgan fingerprint density at radius 2 is 1.42 bits per heavy atom. The van der Waals surface area contributed by atoms with E-state index in [0.29, 0.717) is 0 Å². The first-order chi connectivity index (χ1) is 10.7. The van der Waals surface area contributed by atoms with E-state index in [0.717, 1.165) is 11.8 Å². The summed E-state index contributed by atoms with van der Waals surface area (Å²) in [6, 6.07) is 0. The van der Waals surface area contributed by atoms with Crippen molar-refractivity contribution in [2.24, 2.45) is 0 Å². The Kier molecular flexibility index (Phi) is 4.25. The van der Waals surface area contributed by atoms with Gasteiger partial charge in [-0.25, -0.2) is 9.29 Å². The topological polar surface area (TPSA) is 114 Å². The first kappa shape index (κ1) is 18.7. The summed E-state index contributed by atoms with van der Waals surface area (Å²) in [5, 5.41) is 51.0. The van der Waals surface area contributed by atoms with Gasteiger partial charge in [0.1, 0.15) is 5.56 Å². The summed E-state index contributed by atoms with van der Waals surface area (Å²) < 4.78 is 19.9. The number of morpholine rings is 1. The second kappa shape index (κ2) is 5.45. The van der Waals surface area contributed by atoms with Gasteiger partial charge < -0.3 is 30.3 Å². The Morgan fingerprint density at radius 1 is 0.958 bits per heavy atom. The molecule has 5 N–H and O–H groups in total. The number of hydrogen-bond acceptors (Lipinski definition) is 7. The molecule has 0 radical (unpaired) electrons. The molecule has 1 aromatic rings. The third kappa shape index (κ3) is 3.02. The Morgan fingerprint density at radius 3 is 1.88 bits per heavy atom. The van der Waals surface area contributed by atoms with Crippen LogP contribution in [0.4, 0.5) is 4.39 Å². The fourth-order valence-corrected chi connectivity index (χ4v) is 3.28. The molecule has 1 heterocycles. The average Bonchev–Trinajstić information content (AvgIpc) is 2.39. The van der Waals surface area contributed by atoms with Crippen LogP contribution < -0.4 is 0 Å². The number of phenolic OH excluding ortho intramolecular Hbond substituents is 3. The molecule has 1 saturated heterocycles. The molecule has 0 aliphatic carbocycles. The maximum absolute atomic E-state index is 14.0. The van der Waals surface area contributed by atoms with Crippen molar-refractivity contribution < 1.29 is 34.7 Å². The van der Waals surface area contributed by atoms with Crippen molar-refractivity contribution >= 4 is 0 Å². The number of aromatic hydroxyl groups is 3. The van der Waals surface area contributed by atoms with Gasteiger partial charge in [-0.1, -0.05) is 0 Å². The fraction of sp³-hybridized carbons (Fsp3) is 0.625. The minimum absolute atomic E-state index is 0.0264. The number of aliphatic hydroxyl groups is 2. The molecule has 1 aliphatic rings. The second-order valence-corrected chi connectivity index (χ2v) is 7.47. The lowest BCUT2D eigenvalue weighted by Crippen LogP contribution is -2.63. The minimum Gasteiger partial charge on any atom is -0.504 e. The van der Waals surface area contributed by atoms with Crippen LogP contribution in [0.5, 0.6) is 17.2 Å². The van der Waals surface area contributed by atoms with E-state index in [-0.39, 0.29) is 13.1 Å². The van der Waals surface area contributed by atoms with Crippen molar-refractivity contribution in [3.63, 3.8) is 0 Å². The van der Waals surface area contributed by atoms with Crippen molar-refractivity contribution in [1.82, 2.24) is 4.90 Å². The van der Waals surface area contributed by atoms with Gasteiger partial charge in [0.15, 0.2) is 23.1 Å². The molecule has 0 saturated carbocycles. The minimum atomic E-state index is -2.92. The van der Waals surface area contributed by atoms with Crippen molar-refractivity contribution in [3.05, 3.63) is 16.9 Å². The standard InChI is InChI=1S/C16H24FNO6/c1-8-10(17)12(20)9(13(21)11(8)19)16(22,23)18-6-14(2,3)24-15(4,5)7-18/h19-23H,6-7H2,1-5H3. The first-order valence-electron chi connectivity index (χ1n) is 7.53. The predicted molar refractivity (Wildman–Crippen MR) is 83.1 cm³/mol. The zero-order chi connectivity index (χ0) is 18.7. The van der Waals surface area contributed by atoms with Gasteiger partial charge >= 0.3 is 0 Å². The number of benzene rings is 1. The molecule has 136 valence electrons. The van der Waals surface area contributed by atoms with Gasteiger partial charge in [-0.15, -0.1) is 0 Å². The molecule has 0 unspecified atom stereocenters. The van der Waals surface area contributed by atoms with E-state index in [4.69, 9.17) is 4.74 Å². The van der Waals surface area contributed by atoms with Crippen LogP contribution in [0, 0.1) is 12.7 Å². The third-order valence-electron chi connectivity index (χ3n) is 4.06. The van der Waals surface area contributed by atoms with Crippen molar-refractivity contribution in [2.45, 2.75) is 51.7 Å². The number of hydrogen-bond donors (Lipinski definition) is 5. The van der Waals surface area contributed by atoms with Gasteiger partial charge in [0.25, 0.3) is 5.91 Å². The van der Waals surface area contributed by atoms with Crippen LogP contribution in [-0.4, -0.2) is 54.7 Å². The van der Waals surface area contributed by atoms with Crippen molar-refractivity contribution in [2.75, 3.05) is 13.1 Å². The molecule has 0 aromatic heterocycles. The van der Waals surface area contributed by atoms with E-state index >= 15 is 0 Å². The zero-order valence-electron chi connectivity index (χ0n) is 14.4. The van der Waals surface area contributed by atoms with Crippen LogP contribution in [0.2, 0.25) is 0 Å². The molecule has 7 nitrogen and oxygen atoms in total. The highest BCUT2D eigenvalue weighted by Gasteiger charge is 2.49. The predicted octanol–water partition coefficient (Wildman–Crippen LogP) is 1.24. The lowest BCUT2D eigenvalue weighted by atomic mass is 9.95. The fourth-order valence-electron chi connectivity index (χ4n) is 3.28. The maximum Gasteiger partial charge on any atom is 0.261 e. The Bertz CT molecular complexity index is 626. The second-order valence-electron chi connectivity index (χ2n) is 7.47. The molecule has 0 bridgehead atoms. The summed E-state index contributed by atoms with van der Waals surface area (Å²) in [4.78, 5) is 1.14. The molecule has 0 atom stereocenters. The van der Waals surface area contributed by atoms with Crippen LogP contribution in [0.3, 0.4) is 0 Å². The highest BCUT2D eigenvalue weighted by molar-refractivity contribution is 5.58. The average molecular weight is 345 g/mol. The smallest absolute Gasteiger partial charge is 0.261 e. The van der Waals surface area contributed by atoms with Gasteiger partial charge in [-0.05, 0) is 34.6 Å². The molecule has 1 aliphatic heterocycles. The molecule has 0 spiro atoms. The van der Waals surface area contributed by atoms with E-state index in [1.165, 1.54) is 0 Å². The van der Waals surface area contributed by atoms with Gasteiger partial charge in [-0.3, -0.25) is 0 Å². The maximum atomic E-state index is 14.0. The van der Waals surface area contributed by atoms with Crippen LogP contribution in [-0.2, 0) is 10.6 Å². The quantitative estimate of drug-likeness (QED) is 0.311. The van der Waals surface area contributed by atoms with Gasteiger partial charge in [0.2, 0.25) is 0 Å². The van der Waals surface area contributed by atoms with E-state index in [1.807, 2.05) is 0 Å². The number of ether oxygens (including phenoxy) is 1. The number of phenols is 3. The van der Waals surface area contributed by atoms with Crippen molar-refractivity contribution in [1.29, 1.82) is 0 Å². The summed E-state index contributed by atoms with van der Waals surface area (Å²) in [7, 11) is 0. The molecule has 1 aromatic carbocycles. The summed E-state index contributed by atoms with van der Waals surface area (Å²) >= 11 is 0. The molecule has 0 amide bonds. The highest BCUT2D eigenvalue weighted by atomic mass is 19.1. The van der Waals surface area contributed by atoms with Gasteiger partial charge in [0.05, 0.1) is 11.2 Å². The van der Waals surface area contributed by atoms with E-state index in [2.05, 4.69) is 0 Å². The van der Waals surface area contributed by atoms with Crippen LogP contribution in [0.25, 0.3) is 0 Å². The van der Waals surface area contributed by atoms with Crippen LogP contribution in [0.15, 0.2) is 0 Å². The third-order valence-corrected chi connectivity index (χ3v) is 4.06. The number of rotatable bonds is 2. The normalized spacial score (nSPS) is 21.0. The molecule has 2 rings (SSSR count). The van der Waals surface area contributed by atoms with Gasteiger partial charge in [0, 0.05) is 18.7 Å². The Labute approximate surface area is 139 Å². The Balaban J connectivity index is 2.59. The van der Waals surface area contributed by atoms with Crippen LogP contribution >= 0.6 is 0 Å². The summed E-state index contributed by atoms with van der Waals surface area (Å²) in [6.07, 6.45) is 0. The monoisotopic (exact) mass is 345 g/mol. The summed E-state index contributed by atoms with van der Waals surface area (Å²) in [6.45, 7) is 8.16. The number of nitrogens with zero attached hydrogens (tertiary/aromatic N) is 1. The van der Waals surface area contributed by atoms with E-state index in [9.17, 15) is 29.9 Å². The zero-order valence-corrected chi connectivity index (χ0v) is 14.4. The van der Waals surface area contributed by atoms with Crippen molar-refractivity contribution in [3.8, 4) is 17.2 Å². The van der Waals surface area contributed by atoms with Gasteiger partial charge in [-0.2, -0.15) is 0 Å². The lowest BCUT2D eigenvalue weighted by molar-refractivity contribution is -0.322. The van der Waals surface area contributed by atoms with Crippen LogP contribution in [0.1, 0.15) is 38.8 Å². The first-order valence-corrected chi connectivity index (χ1v) is 7.53. The van der Waals surface area contributed by atoms with E-state index < -0.39 is 51.3 Å². The Hall–Kier alpha value is -1.61. The SMILES string of the molecule is Cc1c(O)c(O)c(C(O)(O)N2CC(C)(C)OC(C)(C)C2)c(O)c1F. The summed E-state index contributed by atoms with van der Waals surface area (Å²) in [5.41, 5.74) is -2.84. The molecule has 24 heavy (non-hydrogen) atoms. The lowest BCUT2D eigenvalue weighted by Gasteiger charge is -2.50. The largest absolute Gasteiger partial charge is 0.504 e. The van der Waals surface area contributed by atoms with E-state index in [1.54, 1.807) is 27.7 Å². The molecule has 8 heteroatoms. The molecular formula is C16H24FNO6. The number of halogens is 1. The molecular weight excluding hydrogens is 321 g/mol. The molecule has 1 fully saturated rings. The highest BCUT2D eigenvalue weighted by Crippen LogP contribution is 2.47. The summed E-state index contributed by atoms with van der Waals surface area (Å²) in [5.74, 6) is -7.13.